The van der Waals surface area contributed by atoms with E-state index in [2.05, 4.69) is 5.32 Å². The molecule has 0 spiro atoms. The maximum absolute atomic E-state index is 13.0. The number of carbonyl (C=O) groups excluding carboxylic acids is 4. The third kappa shape index (κ3) is 5.26. The highest BCUT2D eigenvalue weighted by Gasteiger charge is 2.38. The summed E-state index contributed by atoms with van der Waals surface area (Å²) in [7, 11) is 0. The molecular weight excluding hydrogens is 326 g/mol. The summed E-state index contributed by atoms with van der Waals surface area (Å²) in [5.74, 6) is -1.28. The number of hydrogen-bond donors (Lipinski definition) is 2. The topological polar surface area (TPSA) is 107 Å². The number of amides is 4. The molecule has 2 rings (SSSR count). The van der Waals surface area contributed by atoms with Gasteiger partial charge in [-0.3, -0.25) is 29.7 Å². The molecule has 1 heterocycles. The maximum atomic E-state index is 13.0. The Morgan fingerprint density at radius 1 is 1.24 bits per heavy atom. The van der Waals surface area contributed by atoms with E-state index in [1.807, 2.05) is 0 Å². The molecule has 4 amide bonds. The van der Waals surface area contributed by atoms with E-state index >= 15 is 0 Å². The van der Waals surface area contributed by atoms with Crippen LogP contribution in [0, 0.1) is 11.8 Å². The van der Waals surface area contributed by atoms with Crippen LogP contribution in [0.5, 0.6) is 0 Å². The van der Waals surface area contributed by atoms with Gasteiger partial charge < -0.3 is 4.90 Å². The second-order valence-corrected chi connectivity index (χ2v) is 7.05. The SMILES string of the molecule is CC(=O)NC(=O)[C@@H]1CCCN1C(=O)[C@H](CC1CCCC1)CN(O)C=O. The van der Waals surface area contributed by atoms with Crippen molar-refractivity contribution in [2.45, 2.75) is 57.9 Å². The van der Waals surface area contributed by atoms with E-state index in [0.717, 1.165) is 25.7 Å². The van der Waals surface area contributed by atoms with Gasteiger partial charge >= 0.3 is 0 Å². The second kappa shape index (κ2) is 8.94. The van der Waals surface area contributed by atoms with Crippen LogP contribution < -0.4 is 5.32 Å². The number of nitrogens with one attached hydrogen (secondary N) is 1. The molecule has 0 bridgehead atoms. The van der Waals surface area contributed by atoms with Gasteiger partial charge in [0.15, 0.2) is 0 Å². The Hall–Kier alpha value is -1.96. The highest BCUT2D eigenvalue weighted by atomic mass is 16.5. The molecule has 2 fully saturated rings. The molecule has 2 aliphatic rings. The van der Waals surface area contributed by atoms with Gasteiger partial charge in [0.05, 0.1) is 12.5 Å². The van der Waals surface area contributed by atoms with Gasteiger partial charge in [-0.1, -0.05) is 25.7 Å². The summed E-state index contributed by atoms with van der Waals surface area (Å²) in [6.45, 7) is 1.63. The zero-order chi connectivity index (χ0) is 18.4. The van der Waals surface area contributed by atoms with Crippen molar-refractivity contribution in [2.24, 2.45) is 11.8 Å². The van der Waals surface area contributed by atoms with Crippen LogP contribution in [0.4, 0.5) is 0 Å². The number of rotatable bonds is 7. The van der Waals surface area contributed by atoms with Crippen molar-refractivity contribution in [1.29, 1.82) is 0 Å². The van der Waals surface area contributed by atoms with Crippen LogP contribution in [0.25, 0.3) is 0 Å². The smallest absolute Gasteiger partial charge is 0.249 e. The van der Waals surface area contributed by atoms with Crippen LogP contribution in [-0.4, -0.2) is 58.4 Å². The Balaban J connectivity index is 2.08. The van der Waals surface area contributed by atoms with Crippen molar-refractivity contribution >= 4 is 24.1 Å². The fourth-order valence-corrected chi connectivity index (χ4v) is 3.97. The summed E-state index contributed by atoms with van der Waals surface area (Å²) in [6, 6.07) is -0.661. The summed E-state index contributed by atoms with van der Waals surface area (Å²) in [4.78, 5) is 48.5. The fourth-order valence-electron chi connectivity index (χ4n) is 3.97. The highest BCUT2D eigenvalue weighted by molar-refractivity contribution is 5.98. The quantitative estimate of drug-likeness (QED) is 0.398. The van der Waals surface area contributed by atoms with Crippen LogP contribution in [0.1, 0.15) is 51.9 Å². The molecular formula is C17H27N3O5. The predicted octanol–water partition coefficient (Wildman–Crippen LogP) is 0.684. The van der Waals surface area contributed by atoms with Gasteiger partial charge in [-0.25, -0.2) is 5.06 Å². The lowest BCUT2D eigenvalue weighted by molar-refractivity contribution is -0.158. The highest BCUT2D eigenvalue weighted by Crippen LogP contribution is 2.32. The summed E-state index contributed by atoms with van der Waals surface area (Å²) in [5, 5.41) is 12.3. The Kier molecular flexibility index (Phi) is 6.92. The third-order valence-corrected chi connectivity index (χ3v) is 5.11. The molecule has 0 radical (unpaired) electrons. The molecule has 8 heteroatoms. The number of hydrogen-bond acceptors (Lipinski definition) is 5. The zero-order valence-corrected chi connectivity index (χ0v) is 14.6. The average Bonchev–Trinajstić information content (AvgIpc) is 3.24. The van der Waals surface area contributed by atoms with Crippen LogP contribution in [0.3, 0.4) is 0 Å². The van der Waals surface area contributed by atoms with Crippen molar-refractivity contribution in [3.63, 3.8) is 0 Å². The molecule has 140 valence electrons. The lowest BCUT2D eigenvalue weighted by atomic mass is 9.91. The summed E-state index contributed by atoms with van der Waals surface area (Å²) in [5.41, 5.74) is 0. The first-order valence-electron chi connectivity index (χ1n) is 8.95. The van der Waals surface area contributed by atoms with E-state index in [1.165, 1.54) is 11.8 Å². The summed E-state index contributed by atoms with van der Waals surface area (Å²) >= 11 is 0. The summed E-state index contributed by atoms with van der Waals surface area (Å²) in [6.07, 6.45) is 6.45. The Morgan fingerprint density at radius 3 is 2.52 bits per heavy atom. The molecule has 0 aromatic heterocycles. The average molecular weight is 353 g/mol. The van der Waals surface area contributed by atoms with E-state index in [9.17, 15) is 24.4 Å². The van der Waals surface area contributed by atoms with E-state index in [-0.39, 0.29) is 12.5 Å². The minimum atomic E-state index is -0.661. The number of imide groups is 1. The minimum Gasteiger partial charge on any atom is -0.330 e. The first-order chi connectivity index (χ1) is 11.9. The van der Waals surface area contributed by atoms with E-state index in [0.29, 0.717) is 43.2 Å². The molecule has 2 atom stereocenters. The largest absolute Gasteiger partial charge is 0.330 e. The van der Waals surface area contributed by atoms with Crippen LogP contribution in [-0.2, 0) is 19.2 Å². The first-order valence-corrected chi connectivity index (χ1v) is 8.95. The van der Waals surface area contributed by atoms with Gasteiger partial charge in [-0.2, -0.15) is 0 Å². The van der Waals surface area contributed by atoms with Gasteiger partial charge in [0.1, 0.15) is 6.04 Å². The van der Waals surface area contributed by atoms with E-state index in [4.69, 9.17) is 0 Å². The van der Waals surface area contributed by atoms with Crippen LogP contribution >= 0.6 is 0 Å². The number of hydroxylamine groups is 2. The Labute approximate surface area is 147 Å². The molecule has 1 saturated carbocycles. The number of likely N-dealkylation sites (tertiary alicyclic amines) is 1. The lowest BCUT2D eigenvalue weighted by Gasteiger charge is -2.30. The Morgan fingerprint density at radius 2 is 1.92 bits per heavy atom. The monoisotopic (exact) mass is 353 g/mol. The zero-order valence-electron chi connectivity index (χ0n) is 14.6. The molecule has 1 aliphatic carbocycles. The molecule has 0 aromatic carbocycles. The fraction of sp³-hybridized carbons (Fsp3) is 0.765. The van der Waals surface area contributed by atoms with Crippen LogP contribution in [0.15, 0.2) is 0 Å². The molecule has 25 heavy (non-hydrogen) atoms. The molecule has 8 nitrogen and oxygen atoms in total. The van der Waals surface area contributed by atoms with Gasteiger partial charge in [0.25, 0.3) is 0 Å². The predicted molar refractivity (Wildman–Crippen MR) is 88.2 cm³/mol. The van der Waals surface area contributed by atoms with Gasteiger partial charge in [-0.15, -0.1) is 0 Å². The van der Waals surface area contributed by atoms with Crippen molar-refractivity contribution in [1.82, 2.24) is 15.3 Å². The van der Waals surface area contributed by atoms with Crippen LogP contribution in [0.2, 0.25) is 0 Å². The summed E-state index contributed by atoms with van der Waals surface area (Å²) < 4.78 is 0. The van der Waals surface area contributed by atoms with Crippen molar-refractivity contribution < 1.29 is 24.4 Å². The van der Waals surface area contributed by atoms with E-state index < -0.39 is 23.8 Å². The van der Waals surface area contributed by atoms with Crippen molar-refractivity contribution in [2.75, 3.05) is 13.1 Å². The lowest BCUT2D eigenvalue weighted by Crippen LogP contribution is -2.50. The molecule has 1 aliphatic heterocycles. The van der Waals surface area contributed by atoms with Gasteiger partial charge in [0.2, 0.25) is 24.1 Å². The Bertz CT molecular complexity index is 518. The third-order valence-electron chi connectivity index (χ3n) is 5.11. The molecule has 1 saturated heterocycles. The minimum absolute atomic E-state index is 0.0730. The first kappa shape index (κ1) is 19.4. The molecule has 2 N–H and O–H groups in total. The van der Waals surface area contributed by atoms with Crippen molar-refractivity contribution in [3.8, 4) is 0 Å². The van der Waals surface area contributed by atoms with E-state index in [1.54, 1.807) is 0 Å². The standard InChI is InChI=1S/C17H27N3O5/c1-12(22)18-16(23)15-7-4-8-20(15)17(24)14(10-19(25)11-21)9-13-5-2-3-6-13/h11,13-15,25H,2-10H2,1H3,(H,18,22,23)/t14-,15+/m1/s1. The maximum Gasteiger partial charge on any atom is 0.249 e. The normalized spacial score (nSPS) is 21.8. The molecule has 0 aromatic rings. The number of nitrogens with zero attached hydrogens (tertiary/aromatic N) is 2. The van der Waals surface area contributed by atoms with Gasteiger partial charge in [0, 0.05) is 13.5 Å². The molecule has 0 unspecified atom stereocenters. The van der Waals surface area contributed by atoms with Gasteiger partial charge in [-0.05, 0) is 25.2 Å². The second-order valence-electron chi connectivity index (χ2n) is 7.05. The van der Waals surface area contributed by atoms with Crippen molar-refractivity contribution in [3.05, 3.63) is 0 Å². The number of carbonyl (C=O) groups is 4.